The van der Waals surface area contributed by atoms with Gasteiger partial charge in [0.1, 0.15) is 22.7 Å². The van der Waals surface area contributed by atoms with Gasteiger partial charge in [-0.15, -0.1) is 0 Å². The van der Waals surface area contributed by atoms with E-state index in [0.717, 1.165) is 24.4 Å². The van der Waals surface area contributed by atoms with Crippen LogP contribution in [0.4, 0.5) is 43.8 Å². The predicted molar refractivity (Wildman–Crippen MR) is 122 cm³/mol. The van der Waals surface area contributed by atoms with Crippen LogP contribution in [0.1, 0.15) is 15.9 Å². The van der Waals surface area contributed by atoms with Crippen molar-refractivity contribution in [3.8, 4) is 5.88 Å². The molecule has 0 radical (unpaired) electrons. The Morgan fingerprint density at radius 3 is 2.46 bits per heavy atom. The maximum Gasteiger partial charge on any atom is 0.416 e. The fourth-order valence-corrected chi connectivity index (χ4v) is 3.59. The molecule has 0 fully saturated rings. The molecule has 16 heteroatoms. The fraction of sp³-hybridized carbons (Fsp3) is 0.143. The molecule has 0 aliphatic carbocycles. The molecule has 0 saturated carbocycles. The molecule has 3 heterocycles. The van der Waals surface area contributed by atoms with Crippen molar-refractivity contribution in [1.82, 2.24) is 19.9 Å². The van der Waals surface area contributed by atoms with Crippen molar-refractivity contribution in [2.24, 2.45) is 0 Å². The molecule has 1 amide bonds. The fourth-order valence-electron chi connectivity index (χ4n) is 3.04. The molecule has 1 aromatic carbocycles. The lowest BCUT2D eigenvalue weighted by Gasteiger charge is -2.11. The summed E-state index contributed by atoms with van der Waals surface area (Å²) in [5, 5.41) is 4.72. The van der Waals surface area contributed by atoms with Crippen molar-refractivity contribution in [1.29, 1.82) is 0 Å². The van der Waals surface area contributed by atoms with E-state index in [-0.39, 0.29) is 32.8 Å². The topological polar surface area (TPSA) is 105 Å². The number of nitrogens with one attached hydrogen (secondary N) is 3. The third-order valence-corrected chi connectivity index (χ3v) is 5.20. The zero-order valence-electron chi connectivity index (χ0n) is 17.9. The Labute approximate surface area is 213 Å². The number of amides is 1. The number of halogens is 8. The van der Waals surface area contributed by atoms with Crippen LogP contribution in [0.25, 0.3) is 11.2 Å². The number of aromatic nitrogens is 4. The van der Waals surface area contributed by atoms with Gasteiger partial charge in [-0.1, -0.05) is 23.2 Å². The van der Waals surface area contributed by atoms with Crippen molar-refractivity contribution in [2.45, 2.75) is 12.6 Å². The summed E-state index contributed by atoms with van der Waals surface area (Å²) >= 11 is 12.0. The van der Waals surface area contributed by atoms with Gasteiger partial charge in [0.2, 0.25) is 11.8 Å². The average Bonchev–Trinajstić information content (AvgIpc) is 3.20. The second-order valence-corrected chi connectivity index (χ2v) is 8.06. The summed E-state index contributed by atoms with van der Waals surface area (Å²) in [5.41, 5.74) is -1.38. The number of hydrogen-bond acceptors (Lipinski definition) is 6. The molecule has 4 aromatic rings. The van der Waals surface area contributed by atoms with E-state index < -0.39 is 53.8 Å². The molecule has 0 bridgehead atoms. The van der Waals surface area contributed by atoms with Crippen molar-refractivity contribution in [2.75, 3.05) is 17.2 Å². The van der Waals surface area contributed by atoms with E-state index in [9.17, 15) is 31.1 Å². The van der Waals surface area contributed by atoms with Crippen molar-refractivity contribution >= 4 is 57.7 Å². The molecule has 0 aliphatic rings. The second-order valence-electron chi connectivity index (χ2n) is 7.25. The standard InChI is InChI=1S/C21H12Cl2F6N6O2/c22-11-4-9(24)5-12(23)16(11)33-20-31-13-6-10(19(34-17(13)35-20)37-7-14(25)26)18(36)32-15-3-8(1-2-30-15)21(27,28)29/h1-6,14H,7H2,(H,30,32,36)(H2,31,33,34,35). The molecule has 8 nitrogen and oxygen atoms in total. The van der Waals surface area contributed by atoms with Crippen molar-refractivity contribution < 1.29 is 35.9 Å². The Hall–Kier alpha value is -3.78. The summed E-state index contributed by atoms with van der Waals surface area (Å²) in [7, 11) is 0. The van der Waals surface area contributed by atoms with E-state index in [1.54, 1.807) is 0 Å². The van der Waals surface area contributed by atoms with E-state index >= 15 is 0 Å². The summed E-state index contributed by atoms with van der Waals surface area (Å²) < 4.78 is 82.9. The number of pyridine rings is 2. The molecule has 3 aromatic heterocycles. The molecular weight excluding hydrogens is 553 g/mol. The number of alkyl halides is 5. The Balaban J connectivity index is 1.69. The number of rotatable bonds is 7. The van der Waals surface area contributed by atoms with E-state index in [2.05, 4.69) is 30.6 Å². The Morgan fingerprint density at radius 1 is 1.11 bits per heavy atom. The molecule has 0 saturated heterocycles. The normalized spacial score (nSPS) is 11.7. The number of carbonyl (C=O) groups is 1. The second kappa shape index (κ2) is 10.3. The van der Waals surface area contributed by atoms with Crippen LogP contribution < -0.4 is 15.4 Å². The zero-order chi connectivity index (χ0) is 26.9. The highest BCUT2D eigenvalue weighted by Crippen LogP contribution is 2.34. The van der Waals surface area contributed by atoms with Crippen molar-refractivity contribution in [3.63, 3.8) is 0 Å². The number of ether oxygens (including phenoxy) is 1. The van der Waals surface area contributed by atoms with Crippen molar-refractivity contribution in [3.05, 3.63) is 63.5 Å². The summed E-state index contributed by atoms with van der Waals surface area (Å²) in [6.07, 6.45) is -6.77. The van der Waals surface area contributed by atoms with Gasteiger partial charge in [0.15, 0.2) is 12.3 Å². The minimum absolute atomic E-state index is 0.0186. The lowest BCUT2D eigenvalue weighted by Crippen LogP contribution is -2.18. The molecule has 0 unspecified atom stereocenters. The van der Waals surface area contributed by atoms with E-state index in [0.29, 0.717) is 12.1 Å². The zero-order valence-corrected chi connectivity index (χ0v) is 19.4. The first-order chi connectivity index (χ1) is 17.4. The van der Waals surface area contributed by atoms with E-state index in [1.165, 1.54) is 0 Å². The number of nitrogens with zero attached hydrogens (tertiary/aromatic N) is 3. The summed E-state index contributed by atoms with van der Waals surface area (Å²) in [6.45, 7) is -1.12. The monoisotopic (exact) mass is 564 g/mol. The number of imidazole rings is 1. The highest BCUT2D eigenvalue weighted by molar-refractivity contribution is 6.39. The average molecular weight is 565 g/mol. The van der Waals surface area contributed by atoms with E-state index in [4.69, 9.17) is 27.9 Å². The lowest BCUT2D eigenvalue weighted by molar-refractivity contribution is -0.137. The van der Waals surface area contributed by atoms with Gasteiger partial charge < -0.3 is 20.4 Å². The summed E-state index contributed by atoms with van der Waals surface area (Å²) in [6, 6.07) is 4.41. The Bertz CT molecular complexity index is 1460. The van der Waals surface area contributed by atoms with Crippen LogP contribution >= 0.6 is 23.2 Å². The number of carbonyl (C=O) groups excluding carboxylic acids is 1. The maximum absolute atomic E-state index is 13.4. The molecule has 37 heavy (non-hydrogen) atoms. The van der Waals surface area contributed by atoms with Crippen LogP contribution in [-0.4, -0.2) is 38.9 Å². The first-order valence-corrected chi connectivity index (χ1v) is 10.7. The van der Waals surface area contributed by atoms with Gasteiger partial charge in [0.25, 0.3) is 12.3 Å². The molecule has 0 aliphatic heterocycles. The Kier molecular flexibility index (Phi) is 7.32. The number of anilines is 3. The smallest absolute Gasteiger partial charge is 0.416 e. The van der Waals surface area contributed by atoms with Crippen LogP contribution in [0.5, 0.6) is 5.88 Å². The van der Waals surface area contributed by atoms with Crippen LogP contribution in [-0.2, 0) is 6.18 Å². The largest absolute Gasteiger partial charge is 0.471 e. The number of aromatic amines is 1. The SMILES string of the molecule is O=C(Nc1cc(C(F)(F)F)ccn1)c1cc2nc(Nc3c(Cl)cc(F)cc3Cl)[nH]c2nc1OCC(F)F. The first-order valence-electron chi connectivity index (χ1n) is 9.98. The van der Waals surface area contributed by atoms with Gasteiger partial charge in [-0.25, -0.2) is 23.1 Å². The maximum atomic E-state index is 13.4. The summed E-state index contributed by atoms with van der Waals surface area (Å²) in [5.74, 6) is -2.75. The predicted octanol–water partition coefficient (Wildman–Crippen LogP) is 6.46. The van der Waals surface area contributed by atoms with E-state index in [1.807, 2.05) is 0 Å². The van der Waals surface area contributed by atoms with Crippen LogP contribution in [0.2, 0.25) is 10.0 Å². The highest BCUT2D eigenvalue weighted by Gasteiger charge is 2.31. The summed E-state index contributed by atoms with van der Waals surface area (Å²) in [4.78, 5) is 27.3. The Morgan fingerprint density at radius 2 is 1.81 bits per heavy atom. The van der Waals surface area contributed by atoms with Gasteiger partial charge in [-0.3, -0.25) is 4.79 Å². The number of H-pyrrole nitrogens is 1. The molecule has 0 atom stereocenters. The van der Waals surface area contributed by atoms with Gasteiger partial charge in [-0.2, -0.15) is 18.2 Å². The quantitative estimate of drug-likeness (QED) is 0.222. The highest BCUT2D eigenvalue weighted by atomic mass is 35.5. The third kappa shape index (κ3) is 6.14. The number of fused-ring (bicyclic) bond motifs is 1. The van der Waals surface area contributed by atoms with Crippen LogP contribution in [0, 0.1) is 5.82 Å². The third-order valence-electron chi connectivity index (χ3n) is 4.61. The van der Waals surface area contributed by atoms with Gasteiger partial charge >= 0.3 is 6.18 Å². The molecular formula is C21H12Cl2F6N6O2. The molecule has 4 rings (SSSR count). The van der Waals surface area contributed by atoms with Gasteiger partial charge in [-0.05, 0) is 30.3 Å². The van der Waals surface area contributed by atoms with Gasteiger partial charge in [0.05, 0.1) is 21.3 Å². The van der Waals surface area contributed by atoms with Crippen LogP contribution in [0.15, 0.2) is 36.5 Å². The molecule has 3 N–H and O–H groups in total. The first kappa shape index (κ1) is 26.3. The molecule has 0 spiro atoms. The lowest BCUT2D eigenvalue weighted by atomic mass is 10.2. The molecule has 194 valence electrons. The van der Waals surface area contributed by atoms with Gasteiger partial charge in [0, 0.05) is 6.20 Å². The minimum Gasteiger partial charge on any atom is -0.471 e. The number of benzene rings is 1. The number of hydrogen-bond donors (Lipinski definition) is 3. The van der Waals surface area contributed by atoms with Crippen LogP contribution in [0.3, 0.4) is 0 Å². The minimum atomic E-state index is -4.69.